The zero-order valence-electron chi connectivity index (χ0n) is 14.0. The lowest BCUT2D eigenvalue weighted by Crippen LogP contribution is -2.53. The van der Waals surface area contributed by atoms with Crippen LogP contribution < -0.4 is 0 Å². The quantitative estimate of drug-likeness (QED) is 0.891. The van der Waals surface area contributed by atoms with Gasteiger partial charge in [-0.1, -0.05) is 0 Å². The van der Waals surface area contributed by atoms with Crippen molar-refractivity contribution in [3.05, 3.63) is 24.2 Å². The number of carbonyl (C=O) groups excluding carboxylic acids is 2. The van der Waals surface area contributed by atoms with E-state index in [1.54, 1.807) is 21.9 Å². The Labute approximate surface area is 145 Å². The molecule has 0 aromatic carbocycles. The van der Waals surface area contributed by atoms with E-state index >= 15 is 0 Å². The number of piperazine rings is 1. The third kappa shape index (κ3) is 2.71. The first kappa shape index (κ1) is 16.2. The monoisotopic (exact) mass is 346 g/mol. The van der Waals surface area contributed by atoms with Crippen molar-refractivity contribution in [3.8, 4) is 0 Å². The summed E-state index contributed by atoms with van der Waals surface area (Å²) in [7, 11) is 0. The maximum Gasteiger partial charge on any atom is 0.307 e. The third-order valence-electron chi connectivity index (χ3n) is 6.10. The lowest BCUT2D eigenvalue weighted by molar-refractivity contribution is -0.153. The Balaban J connectivity index is 1.40. The maximum atomic E-state index is 13.0. The number of fused-ring (bicyclic) bond motifs is 2. The van der Waals surface area contributed by atoms with Gasteiger partial charge in [0.2, 0.25) is 5.91 Å². The Morgan fingerprint density at radius 3 is 2.24 bits per heavy atom. The SMILES string of the molecule is O=C(O)[C@H]1[C@H]2CC[C@H](C2)[C@H]1C(=O)N1CCN(C(=O)c2ccco2)CC1. The van der Waals surface area contributed by atoms with Gasteiger partial charge in [-0.25, -0.2) is 0 Å². The first-order chi connectivity index (χ1) is 12.1. The minimum atomic E-state index is -0.836. The van der Waals surface area contributed by atoms with E-state index in [2.05, 4.69) is 0 Å². The molecule has 2 heterocycles. The average Bonchev–Trinajstić information content (AvgIpc) is 3.36. The van der Waals surface area contributed by atoms with Gasteiger partial charge in [0.05, 0.1) is 18.1 Å². The van der Waals surface area contributed by atoms with E-state index in [1.807, 2.05) is 0 Å². The molecule has 2 amide bonds. The van der Waals surface area contributed by atoms with Crippen molar-refractivity contribution in [3.63, 3.8) is 0 Å². The molecule has 0 spiro atoms. The summed E-state index contributed by atoms with van der Waals surface area (Å²) in [5, 5.41) is 9.54. The number of carboxylic acids is 1. The van der Waals surface area contributed by atoms with Crippen molar-refractivity contribution in [1.29, 1.82) is 0 Å². The van der Waals surface area contributed by atoms with Gasteiger partial charge < -0.3 is 19.3 Å². The largest absolute Gasteiger partial charge is 0.481 e. The molecule has 3 aliphatic rings. The van der Waals surface area contributed by atoms with Crippen LogP contribution in [0.3, 0.4) is 0 Å². The van der Waals surface area contributed by atoms with Crippen LogP contribution in [0.1, 0.15) is 29.8 Å². The zero-order chi connectivity index (χ0) is 17.6. The van der Waals surface area contributed by atoms with Gasteiger partial charge in [0, 0.05) is 26.2 Å². The second-order valence-corrected chi connectivity index (χ2v) is 7.32. The van der Waals surface area contributed by atoms with Crippen LogP contribution in [-0.4, -0.2) is 58.9 Å². The Bertz CT molecular complexity index is 678. The molecule has 0 unspecified atom stereocenters. The van der Waals surface area contributed by atoms with E-state index in [1.165, 1.54) is 6.26 Å². The van der Waals surface area contributed by atoms with Gasteiger partial charge >= 0.3 is 5.97 Å². The fraction of sp³-hybridized carbons (Fsp3) is 0.611. The summed E-state index contributed by atoms with van der Waals surface area (Å²) in [5.41, 5.74) is 0. The number of carbonyl (C=O) groups is 3. The van der Waals surface area contributed by atoms with Gasteiger partial charge in [0.25, 0.3) is 5.91 Å². The molecular weight excluding hydrogens is 324 g/mol. The van der Waals surface area contributed by atoms with Crippen molar-refractivity contribution in [2.45, 2.75) is 19.3 Å². The molecule has 134 valence electrons. The summed E-state index contributed by atoms with van der Waals surface area (Å²) < 4.78 is 5.14. The molecule has 2 aliphatic carbocycles. The van der Waals surface area contributed by atoms with E-state index < -0.39 is 11.9 Å². The number of hydrogen-bond donors (Lipinski definition) is 1. The van der Waals surface area contributed by atoms with Gasteiger partial charge in [0.15, 0.2) is 5.76 Å². The van der Waals surface area contributed by atoms with E-state index in [-0.39, 0.29) is 29.6 Å². The van der Waals surface area contributed by atoms with Crippen LogP contribution in [0.2, 0.25) is 0 Å². The van der Waals surface area contributed by atoms with Gasteiger partial charge in [0.1, 0.15) is 0 Å². The summed E-state index contributed by atoms with van der Waals surface area (Å²) in [4.78, 5) is 40.3. The number of nitrogens with zero attached hydrogens (tertiary/aromatic N) is 2. The van der Waals surface area contributed by atoms with Gasteiger partial charge in [-0.05, 0) is 43.2 Å². The molecule has 7 nitrogen and oxygen atoms in total. The predicted octanol–water partition coefficient (Wildman–Crippen LogP) is 1.31. The molecule has 1 aromatic heterocycles. The maximum absolute atomic E-state index is 13.0. The van der Waals surface area contributed by atoms with Gasteiger partial charge in [-0.2, -0.15) is 0 Å². The molecular formula is C18H22N2O5. The lowest BCUT2D eigenvalue weighted by Gasteiger charge is -2.38. The zero-order valence-corrected chi connectivity index (χ0v) is 14.0. The summed E-state index contributed by atoms with van der Waals surface area (Å²) in [6.07, 6.45) is 4.22. The van der Waals surface area contributed by atoms with Crippen LogP contribution in [0.15, 0.2) is 22.8 Å². The molecule has 4 atom stereocenters. The van der Waals surface area contributed by atoms with Crippen molar-refractivity contribution in [1.82, 2.24) is 9.80 Å². The van der Waals surface area contributed by atoms with Gasteiger partial charge in [-0.15, -0.1) is 0 Å². The minimum absolute atomic E-state index is 0.0373. The van der Waals surface area contributed by atoms with Crippen LogP contribution in [-0.2, 0) is 9.59 Å². The molecule has 2 saturated carbocycles. The fourth-order valence-electron chi connectivity index (χ4n) is 4.90. The fourth-order valence-corrected chi connectivity index (χ4v) is 4.90. The summed E-state index contributed by atoms with van der Waals surface area (Å²) in [6, 6.07) is 3.31. The summed E-state index contributed by atoms with van der Waals surface area (Å²) >= 11 is 0. The van der Waals surface area contributed by atoms with Crippen molar-refractivity contribution in [2.24, 2.45) is 23.7 Å². The van der Waals surface area contributed by atoms with Crippen LogP contribution in [0.5, 0.6) is 0 Å². The Morgan fingerprint density at radius 2 is 1.64 bits per heavy atom. The number of aliphatic carboxylic acids is 1. The van der Waals surface area contributed by atoms with Crippen molar-refractivity contribution >= 4 is 17.8 Å². The smallest absolute Gasteiger partial charge is 0.307 e. The average molecular weight is 346 g/mol. The lowest BCUT2D eigenvalue weighted by atomic mass is 9.78. The standard InChI is InChI=1S/C18H22N2O5/c21-16(13-2-1-9-25-13)19-5-7-20(8-6-19)17(22)14-11-3-4-12(10-11)15(14)18(23)24/h1-2,9,11-12,14-15H,3-8,10H2,(H,23,24)/t11-,12+,14-,15+/m1/s1. The number of rotatable bonds is 3. The highest BCUT2D eigenvalue weighted by Gasteiger charge is 2.54. The predicted molar refractivity (Wildman–Crippen MR) is 86.6 cm³/mol. The Kier molecular flexibility index (Phi) is 4.01. The highest BCUT2D eigenvalue weighted by Crippen LogP contribution is 2.53. The normalized spacial score (nSPS) is 31.4. The number of furan rings is 1. The van der Waals surface area contributed by atoms with Crippen LogP contribution in [0, 0.1) is 23.7 Å². The van der Waals surface area contributed by atoms with Crippen LogP contribution in [0.25, 0.3) is 0 Å². The van der Waals surface area contributed by atoms with E-state index in [9.17, 15) is 19.5 Å². The van der Waals surface area contributed by atoms with Gasteiger partial charge in [-0.3, -0.25) is 14.4 Å². The van der Waals surface area contributed by atoms with Crippen LogP contribution in [0.4, 0.5) is 0 Å². The second-order valence-electron chi connectivity index (χ2n) is 7.32. The van der Waals surface area contributed by atoms with Crippen molar-refractivity contribution in [2.75, 3.05) is 26.2 Å². The Hall–Kier alpha value is -2.31. The molecule has 2 bridgehead atoms. The van der Waals surface area contributed by atoms with Crippen molar-refractivity contribution < 1.29 is 23.9 Å². The highest BCUT2D eigenvalue weighted by molar-refractivity contribution is 5.92. The molecule has 3 fully saturated rings. The molecule has 7 heteroatoms. The first-order valence-electron chi connectivity index (χ1n) is 8.90. The Morgan fingerprint density at radius 1 is 1.00 bits per heavy atom. The number of hydrogen-bond acceptors (Lipinski definition) is 4. The minimum Gasteiger partial charge on any atom is -0.481 e. The van der Waals surface area contributed by atoms with Crippen LogP contribution >= 0.6 is 0 Å². The molecule has 4 rings (SSSR count). The van der Waals surface area contributed by atoms with E-state index in [0.29, 0.717) is 31.9 Å². The first-order valence-corrected chi connectivity index (χ1v) is 8.90. The topological polar surface area (TPSA) is 91.1 Å². The summed E-state index contributed by atoms with van der Waals surface area (Å²) in [6.45, 7) is 1.80. The molecule has 1 aliphatic heterocycles. The highest BCUT2D eigenvalue weighted by atomic mass is 16.4. The summed E-state index contributed by atoms with van der Waals surface area (Å²) in [5.74, 6) is -1.29. The van der Waals surface area contributed by atoms with E-state index in [0.717, 1.165) is 19.3 Å². The number of carboxylic acid groups (broad SMARTS) is 1. The molecule has 1 aromatic rings. The third-order valence-corrected chi connectivity index (χ3v) is 6.10. The molecule has 0 radical (unpaired) electrons. The second kappa shape index (κ2) is 6.20. The van der Waals surface area contributed by atoms with E-state index in [4.69, 9.17) is 4.42 Å². The molecule has 25 heavy (non-hydrogen) atoms. The molecule has 1 saturated heterocycles. The number of amides is 2. The molecule has 1 N–H and O–H groups in total.